The highest BCUT2D eigenvalue weighted by atomic mass is 19.1. The van der Waals surface area contributed by atoms with Crippen LogP contribution in [0.1, 0.15) is 18.1 Å². The zero-order valence-corrected chi connectivity index (χ0v) is 12.7. The Labute approximate surface area is 126 Å². The summed E-state index contributed by atoms with van der Waals surface area (Å²) >= 11 is 0. The summed E-state index contributed by atoms with van der Waals surface area (Å²) < 4.78 is 13.3. The highest BCUT2D eigenvalue weighted by molar-refractivity contribution is 5.20. The smallest absolute Gasteiger partial charge is 0.123 e. The second-order valence-electron chi connectivity index (χ2n) is 5.85. The van der Waals surface area contributed by atoms with Crippen molar-refractivity contribution in [2.24, 2.45) is 5.73 Å². The fourth-order valence-electron chi connectivity index (χ4n) is 2.50. The Bertz CT molecular complexity index is 570. The summed E-state index contributed by atoms with van der Waals surface area (Å²) in [5.41, 5.74) is 8.03. The van der Waals surface area contributed by atoms with Gasteiger partial charge in [0.25, 0.3) is 0 Å². The molecular formula is C18H23FN2. The third-order valence-corrected chi connectivity index (χ3v) is 4.10. The molecule has 1 atom stereocenters. The Morgan fingerprint density at radius 2 is 1.71 bits per heavy atom. The minimum Gasteiger partial charge on any atom is -0.329 e. The van der Waals surface area contributed by atoms with Crippen molar-refractivity contribution >= 4 is 0 Å². The Morgan fingerprint density at radius 3 is 2.33 bits per heavy atom. The maximum absolute atomic E-state index is 13.3. The standard InChI is InChI=1S/C18H23FN2/c1-18(14-20,12-16-9-6-10-17(19)11-16)21(2)13-15-7-4-3-5-8-15/h3-11H,12-14,20H2,1-2H3. The molecular weight excluding hydrogens is 263 g/mol. The van der Waals surface area contributed by atoms with Crippen LogP contribution in [0, 0.1) is 5.82 Å². The van der Waals surface area contributed by atoms with E-state index in [9.17, 15) is 4.39 Å². The van der Waals surface area contributed by atoms with Crippen molar-refractivity contribution in [3.05, 3.63) is 71.5 Å². The lowest BCUT2D eigenvalue weighted by Crippen LogP contribution is -2.50. The average molecular weight is 286 g/mol. The molecule has 1 unspecified atom stereocenters. The first kappa shape index (κ1) is 15.7. The van der Waals surface area contributed by atoms with Crippen LogP contribution in [-0.4, -0.2) is 24.0 Å². The van der Waals surface area contributed by atoms with Crippen molar-refractivity contribution < 1.29 is 4.39 Å². The Balaban J connectivity index is 2.12. The van der Waals surface area contributed by atoms with Crippen molar-refractivity contribution in [2.45, 2.75) is 25.4 Å². The van der Waals surface area contributed by atoms with Gasteiger partial charge in [-0.1, -0.05) is 42.5 Å². The van der Waals surface area contributed by atoms with E-state index in [1.54, 1.807) is 12.1 Å². The molecule has 21 heavy (non-hydrogen) atoms. The predicted octanol–water partition coefficient (Wildman–Crippen LogP) is 3.22. The number of hydrogen-bond acceptors (Lipinski definition) is 2. The summed E-state index contributed by atoms with van der Waals surface area (Å²) in [7, 11) is 2.07. The number of halogens is 1. The van der Waals surface area contributed by atoms with Gasteiger partial charge in [-0.3, -0.25) is 4.90 Å². The maximum Gasteiger partial charge on any atom is 0.123 e. The summed E-state index contributed by atoms with van der Waals surface area (Å²) in [6.07, 6.45) is 0.727. The molecule has 0 aliphatic rings. The second kappa shape index (κ2) is 6.83. The maximum atomic E-state index is 13.3. The molecule has 2 N–H and O–H groups in total. The van der Waals surface area contributed by atoms with Crippen molar-refractivity contribution in [3.8, 4) is 0 Å². The Morgan fingerprint density at radius 1 is 1.05 bits per heavy atom. The number of nitrogens with zero attached hydrogens (tertiary/aromatic N) is 1. The summed E-state index contributed by atoms with van der Waals surface area (Å²) in [5, 5.41) is 0. The molecule has 0 heterocycles. The third-order valence-electron chi connectivity index (χ3n) is 4.10. The molecule has 2 aromatic carbocycles. The molecule has 0 fully saturated rings. The molecule has 112 valence electrons. The van der Waals surface area contributed by atoms with Crippen LogP contribution in [0.5, 0.6) is 0 Å². The molecule has 0 saturated heterocycles. The topological polar surface area (TPSA) is 29.3 Å². The van der Waals surface area contributed by atoms with E-state index in [4.69, 9.17) is 5.73 Å². The van der Waals surface area contributed by atoms with Crippen molar-refractivity contribution in [1.29, 1.82) is 0 Å². The van der Waals surface area contributed by atoms with E-state index in [0.717, 1.165) is 18.5 Å². The van der Waals surface area contributed by atoms with Crippen LogP contribution in [0.4, 0.5) is 4.39 Å². The zero-order chi connectivity index (χ0) is 15.3. The fourth-order valence-corrected chi connectivity index (χ4v) is 2.50. The minimum absolute atomic E-state index is 0.197. The lowest BCUT2D eigenvalue weighted by molar-refractivity contribution is 0.136. The molecule has 2 aromatic rings. The fraction of sp³-hybridized carbons (Fsp3) is 0.333. The SMILES string of the molecule is CN(Cc1ccccc1)C(C)(CN)Cc1cccc(F)c1. The van der Waals surface area contributed by atoms with Gasteiger partial charge >= 0.3 is 0 Å². The molecule has 2 nitrogen and oxygen atoms in total. The zero-order valence-electron chi connectivity index (χ0n) is 12.7. The van der Waals surface area contributed by atoms with Crippen LogP contribution >= 0.6 is 0 Å². The molecule has 0 amide bonds. The first-order chi connectivity index (χ1) is 10.0. The van der Waals surface area contributed by atoms with Crippen LogP contribution in [0.2, 0.25) is 0 Å². The van der Waals surface area contributed by atoms with Crippen LogP contribution in [0.15, 0.2) is 54.6 Å². The summed E-state index contributed by atoms with van der Waals surface area (Å²) in [5.74, 6) is -0.197. The minimum atomic E-state index is -0.205. The summed E-state index contributed by atoms with van der Waals surface area (Å²) in [6.45, 7) is 3.47. The number of likely N-dealkylation sites (N-methyl/N-ethyl adjacent to an activating group) is 1. The molecule has 0 radical (unpaired) electrons. The first-order valence-corrected chi connectivity index (χ1v) is 7.23. The molecule has 0 bridgehead atoms. The van der Waals surface area contributed by atoms with Crippen LogP contribution in [0.25, 0.3) is 0 Å². The number of benzene rings is 2. The van der Waals surface area contributed by atoms with Crippen LogP contribution in [-0.2, 0) is 13.0 Å². The van der Waals surface area contributed by atoms with E-state index in [2.05, 4.69) is 31.0 Å². The van der Waals surface area contributed by atoms with Crippen LogP contribution < -0.4 is 5.73 Å². The van der Waals surface area contributed by atoms with Gasteiger partial charge in [0.2, 0.25) is 0 Å². The average Bonchev–Trinajstić information content (AvgIpc) is 2.48. The van der Waals surface area contributed by atoms with Crippen molar-refractivity contribution in [1.82, 2.24) is 4.90 Å². The van der Waals surface area contributed by atoms with Gasteiger partial charge < -0.3 is 5.73 Å². The quantitative estimate of drug-likeness (QED) is 0.883. The van der Waals surface area contributed by atoms with E-state index in [1.807, 2.05) is 24.3 Å². The predicted molar refractivity (Wildman–Crippen MR) is 85.5 cm³/mol. The summed E-state index contributed by atoms with van der Waals surface area (Å²) in [6, 6.07) is 17.1. The van der Waals surface area contributed by atoms with Gasteiger partial charge in [0.05, 0.1) is 0 Å². The number of rotatable bonds is 6. The normalized spacial score (nSPS) is 14.1. The van der Waals surface area contributed by atoms with Gasteiger partial charge in [-0.15, -0.1) is 0 Å². The van der Waals surface area contributed by atoms with Crippen LogP contribution in [0.3, 0.4) is 0 Å². The van der Waals surface area contributed by atoms with Crippen molar-refractivity contribution in [2.75, 3.05) is 13.6 Å². The van der Waals surface area contributed by atoms with Gasteiger partial charge in [-0.2, -0.15) is 0 Å². The molecule has 0 aliphatic heterocycles. The van der Waals surface area contributed by atoms with E-state index in [0.29, 0.717) is 6.54 Å². The molecule has 0 aromatic heterocycles. The van der Waals surface area contributed by atoms with Gasteiger partial charge in [0.1, 0.15) is 5.82 Å². The Hall–Kier alpha value is -1.71. The lowest BCUT2D eigenvalue weighted by Gasteiger charge is -2.38. The van der Waals surface area contributed by atoms with E-state index in [1.165, 1.54) is 11.6 Å². The highest BCUT2D eigenvalue weighted by Crippen LogP contribution is 2.21. The van der Waals surface area contributed by atoms with E-state index < -0.39 is 0 Å². The molecule has 2 rings (SSSR count). The number of hydrogen-bond donors (Lipinski definition) is 1. The molecule has 3 heteroatoms. The monoisotopic (exact) mass is 286 g/mol. The van der Waals surface area contributed by atoms with Gasteiger partial charge in [0, 0.05) is 18.6 Å². The Kier molecular flexibility index (Phi) is 5.10. The second-order valence-corrected chi connectivity index (χ2v) is 5.85. The summed E-state index contributed by atoms with van der Waals surface area (Å²) in [4.78, 5) is 2.24. The largest absolute Gasteiger partial charge is 0.329 e. The van der Waals surface area contributed by atoms with E-state index in [-0.39, 0.29) is 11.4 Å². The van der Waals surface area contributed by atoms with Gasteiger partial charge in [-0.05, 0) is 43.7 Å². The van der Waals surface area contributed by atoms with Gasteiger partial charge in [-0.25, -0.2) is 4.39 Å². The highest BCUT2D eigenvalue weighted by Gasteiger charge is 2.28. The first-order valence-electron chi connectivity index (χ1n) is 7.23. The molecule has 0 spiro atoms. The molecule has 0 aliphatic carbocycles. The third kappa shape index (κ3) is 4.13. The number of nitrogens with two attached hydrogens (primary N) is 1. The van der Waals surface area contributed by atoms with Crippen molar-refractivity contribution in [3.63, 3.8) is 0 Å². The van der Waals surface area contributed by atoms with Gasteiger partial charge in [0.15, 0.2) is 0 Å². The molecule has 0 saturated carbocycles. The lowest BCUT2D eigenvalue weighted by atomic mass is 9.90. The van der Waals surface area contributed by atoms with E-state index >= 15 is 0 Å².